The number of fused-ring (bicyclic) bond motifs is 1. The second-order valence-electron chi connectivity index (χ2n) is 5.43. The van der Waals surface area contributed by atoms with Crippen LogP contribution in [0.15, 0.2) is 6.07 Å². The zero-order valence-corrected chi connectivity index (χ0v) is 11.2. The summed E-state index contributed by atoms with van der Waals surface area (Å²) in [6.45, 7) is 6.57. The number of amides is 1. The van der Waals surface area contributed by atoms with Gasteiger partial charge in [0.1, 0.15) is 11.3 Å². The number of carboxylic acid groups (broad SMARTS) is 1. The molecule has 0 atom stereocenters. The molecule has 0 fully saturated rings. The van der Waals surface area contributed by atoms with Crippen molar-refractivity contribution in [1.29, 1.82) is 0 Å². The molecule has 0 spiro atoms. The van der Waals surface area contributed by atoms with Gasteiger partial charge in [0.2, 0.25) is 0 Å². The molecule has 0 saturated carbocycles. The molecule has 0 radical (unpaired) electrons. The van der Waals surface area contributed by atoms with Gasteiger partial charge in [-0.3, -0.25) is 4.68 Å². The Labute approximate surface area is 110 Å². The summed E-state index contributed by atoms with van der Waals surface area (Å²) >= 11 is 0. The Morgan fingerprint density at radius 3 is 2.63 bits per heavy atom. The van der Waals surface area contributed by atoms with Gasteiger partial charge >= 0.3 is 6.09 Å². The van der Waals surface area contributed by atoms with E-state index in [1.807, 2.05) is 0 Å². The molecule has 104 valence electrons. The van der Waals surface area contributed by atoms with Crippen molar-refractivity contribution in [2.45, 2.75) is 39.5 Å². The zero-order chi connectivity index (χ0) is 14.2. The van der Waals surface area contributed by atoms with Crippen LogP contribution >= 0.6 is 0 Å². The van der Waals surface area contributed by atoms with Gasteiger partial charge in [0, 0.05) is 6.54 Å². The van der Waals surface area contributed by atoms with Gasteiger partial charge in [0.15, 0.2) is 0 Å². The van der Waals surface area contributed by atoms with Crippen LogP contribution in [-0.2, 0) is 17.8 Å². The van der Waals surface area contributed by atoms with Crippen LogP contribution < -0.4 is 5.11 Å². The molecule has 7 nitrogen and oxygen atoms in total. The molecule has 2 rings (SSSR count). The predicted molar refractivity (Wildman–Crippen MR) is 63.2 cm³/mol. The molecule has 1 aliphatic rings. The summed E-state index contributed by atoms with van der Waals surface area (Å²) < 4.78 is 6.85. The molecule has 0 aliphatic carbocycles. The third-order valence-corrected chi connectivity index (χ3v) is 2.66. The number of carbonyl (C=O) groups is 2. The van der Waals surface area contributed by atoms with Crippen LogP contribution in [0.5, 0.6) is 0 Å². The molecule has 1 aromatic heterocycles. The van der Waals surface area contributed by atoms with E-state index in [-0.39, 0.29) is 12.2 Å². The molecule has 1 amide bonds. The van der Waals surface area contributed by atoms with Gasteiger partial charge in [-0.15, -0.1) is 0 Å². The second kappa shape index (κ2) is 4.56. The minimum atomic E-state index is -1.31. The Kier molecular flexibility index (Phi) is 3.21. The standard InChI is InChI=1S/C12H17N3O4/c1-12(2,3)19-11(18)14-4-5-15-8(7-14)6-9(13-15)10(16)17/h6H,4-5,7H2,1-3H3,(H,16,17)/p-1. The number of aromatic carboxylic acids is 1. The molecule has 0 aromatic carbocycles. The van der Waals surface area contributed by atoms with Crippen molar-refractivity contribution in [3.63, 3.8) is 0 Å². The molecular formula is C12H16N3O4-. The van der Waals surface area contributed by atoms with Crippen molar-refractivity contribution in [1.82, 2.24) is 14.7 Å². The highest BCUT2D eigenvalue weighted by Crippen LogP contribution is 2.17. The summed E-state index contributed by atoms with van der Waals surface area (Å²) in [4.78, 5) is 24.2. The molecule has 1 aliphatic heterocycles. The number of hydrogen-bond donors (Lipinski definition) is 0. The summed E-state index contributed by atoms with van der Waals surface area (Å²) in [5.74, 6) is -1.31. The number of hydrogen-bond acceptors (Lipinski definition) is 5. The smallest absolute Gasteiger partial charge is 0.410 e. The van der Waals surface area contributed by atoms with Crippen LogP contribution in [0.2, 0.25) is 0 Å². The Bertz CT molecular complexity index is 516. The van der Waals surface area contributed by atoms with Gasteiger partial charge in [-0.1, -0.05) is 0 Å². The fourth-order valence-electron chi connectivity index (χ4n) is 1.85. The molecule has 0 unspecified atom stereocenters. The Hall–Kier alpha value is -2.05. The SMILES string of the molecule is CC(C)(C)OC(=O)N1CCn2nc(C(=O)[O-])cc2C1. The van der Waals surface area contributed by atoms with Gasteiger partial charge in [-0.2, -0.15) is 5.10 Å². The third-order valence-electron chi connectivity index (χ3n) is 2.66. The first-order valence-corrected chi connectivity index (χ1v) is 6.02. The number of carbonyl (C=O) groups excluding carboxylic acids is 2. The highest BCUT2D eigenvalue weighted by molar-refractivity contribution is 5.83. The third kappa shape index (κ3) is 3.04. The lowest BCUT2D eigenvalue weighted by Gasteiger charge is -2.30. The largest absolute Gasteiger partial charge is 0.543 e. The van der Waals surface area contributed by atoms with Crippen LogP contribution in [0, 0.1) is 0 Å². The van der Waals surface area contributed by atoms with Crippen LogP contribution in [-0.4, -0.2) is 38.9 Å². The fourth-order valence-corrected chi connectivity index (χ4v) is 1.85. The van der Waals surface area contributed by atoms with Crippen LogP contribution in [0.3, 0.4) is 0 Å². The first-order valence-electron chi connectivity index (χ1n) is 6.02. The highest BCUT2D eigenvalue weighted by Gasteiger charge is 2.26. The molecule has 19 heavy (non-hydrogen) atoms. The summed E-state index contributed by atoms with van der Waals surface area (Å²) in [5.41, 5.74) is 0.00242. The van der Waals surface area contributed by atoms with Gasteiger partial charge in [0.25, 0.3) is 0 Å². The van der Waals surface area contributed by atoms with Gasteiger partial charge < -0.3 is 19.5 Å². The van der Waals surface area contributed by atoms with E-state index >= 15 is 0 Å². The van der Waals surface area contributed by atoms with E-state index in [2.05, 4.69) is 5.10 Å². The average molecular weight is 266 g/mol. The predicted octanol–water partition coefficient (Wildman–Crippen LogP) is -0.00270. The molecule has 0 N–H and O–H groups in total. The zero-order valence-electron chi connectivity index (χ0n) is 11.2. The van der Waals surface area contributed by atoms with E-state index in [1.54, 1.807) is 25.5 Å². The maximum Gasteiger partial charge on any atom is 0.410 e. The van der Waals surface area contributed by atoms with Gasteiger partial charge in [0.05, 0.1) is 24.8 Å². The summed E-state index contributed by atoms with van der Waals surface area (Å²) in [5, 5.41) is 14.6. The minimum absolute atomic E-state index is 0.110. The summed E-state index contributed by atoms with van der Waals surface area (Å²) in [6, 6.07) is 1.42. The average Bonchev–Trinajstić information content (AvgIpc) is 2.69. The summed E-state index contributed by atoms with van der Waals surface area (Å²) in [7, 11) is 0. The molecule has 0 bridgehead atoms. The number of nitrogens with zero attached hydrogens (tertiary/aromatic N) is 3. The number of ether oxygens (including phenoxy) is 1. The maximum absolute atomic E-state index is 11.9. The molecular weight excluding hydrogens is 250 g/mol. The van der Waals surface area contributed by atoms with E-state index < -0.39 is 17.7 Å². The lowest BCUT2D eigenvalue weighted by atomic mass is 10.2. The molecule has 0 saturated heterocycles. The van der Waals surface area contributed by atoms with Gasteiger partial charge in [-0.25, -0.2) is 4.79 Å². The van der Waals surface area contributed by atoms with E-state index in [0.717, 1.165) is 0 Å². The molecule has 1 aromatic rings. The van der Waals surface area contributed by atoms with Crippen molar-refractivity contribution in [3.8, 4) is 0 Å². The topological polar surface area (TPSA) is 87.5 Å². The van der Waals surface area contributed by atoms with E-state index in [9.17, 15) is 14.7 Å². The Balaban J connectivity index is 2.09. The first-order chi connectivity index (χ1) is 8.76. The second-order valence-corrected chi connectivity index (χ2v) is 5.43. The van der Waals surface area contributed by atoms with E-state index in [0.29, 0.717) is 18.8 Å². The quantitative estimate of drug-likeness (QED) is 0.713. The Morgan fingerprint density at radius 2 is 2.05 bits per heavy atom. The van der Waals surface area contributed by atoms with Crippen molar-refractivity contribution in [3.05, 3.63) is 17.5 Å². The van der Waals surface area contributed by atoms with E-state index in [1.165, 1.54) is 11.0 Å². The lowest BCUT2D eigenvalue weighted by Crippen LogP contribution is -2.41. The normalized spacial score (nSPS) is 15.0. The molecule has 7 heteroatoms. The van der Waals surface area contributed by atoms with Crippen LogP contribution in [0.4, 0.5) is 4.79 Å². The Morgan fingerprint density at radius 1 is 1.37 bits per heavy atom. The van der Waals surface area contributed by atoms with Crippen molar-refractivity contribution >= 4 is 12.1 Å². The van der Waals surface area contributed by atoms with E-state index in [4.69, 9.17) is 4.74 Å². The van der Waals surface area contributed by atoms with Crippen molar-refractivity contribution in [2.75, 3.05) is 6.54 Å². The maximum atomic E-state index is 11.9. The fraction of sp³-hybridized carbons (Fsp3) is 0.583. The lowest BCUT2D eigenvalue weighted by molar-refractivity contribution is -0.255. The van der Waals surface area contributed by atoms with Crippen molar-refractivity contribution < 1.29 is 19.4 Å². The number of carboxylic acids is 1. The van der Waals surface area contributed by atoms with Crippen LogP contribution in [0.1, 0.15) is 37.0 Å². The number of rotatable bonds is 1. The highest BCUT2D eigenvalue weighted by atomic mass is 16.6. The van der Waals surface area contributed by atoms with Gasteiger partial charge in [-0.05, 0) is 26.8 Å². The van der Waals surface area contributed by atoms with Crippen molar-refractivity contribution in [2.24, 2.45) is 0 Å². The summed E-state index contributed by atoms with van der Waals surface area (Å²) in [6.07, 6.45) is -0.407. The minimum Gasteiger partial charge on any atom is -0.543 e. The number of aromatic nitrogens is 2. The first kappa shape index (κ1) is 13.4. The monoisotopic (exact) mass is 266 g/mol. The van der Waals surface area contributed by atoms with Crippen LogP contribution in [0.25, 0.3) is 0 Å². The molecule has 2 heterocycles.